The quantitative estimate of drug-likeness (QED) is 0.773. The lowest BCUT2D eigenvalue weighted by Gasteiger charge is -2.34. The van der Waals surface area contributed by atoms with Crippen LogP contribution in [-0.4, -0.2) is 38.0 Å². The molecule has 0 aromatic heterocycles. The van der Waals surface area contributed by atoms with Gasteiger partial charge in [0.25, 0.3) is 0 Å². The molecule has 9 heteroatoms. The van der Waals surface area contributed by atoms with Gasteiger partial charge < -0.3 is 14.8 Å². The minimum Gasteiger partial charge on any atom is -0.454 e. The Kier molecular flexibility index (Phi) is 5.67. The molecule has 1 saturated heterocycles. The van der Waals surface area contributed by atoms with Gasteiger partial charge in [-0.1, -0.05) is 18.0 Å². The Bertz CT molecular complexity index is 1010. The third kappa shape index (κ3) is 4.34. The van der Waals surface area contributed by atoms with Gasteiger partial charge in [0.1, 0.15) is 0 Å². The number of carbonyl (C=O) groups is 1. The maximum atomic E-state index is 13.1. The molecule has 1 N–H and O–H groups in total. The molecule has 2 aliphatic heterocycles. The molecular weight excluding hydrogens is 416 g/mol. The van der Waals surface area contributed by atoms with Gasteiger partial charge in [0.05, 0.1) is 4.90 Å². The SMILES string of the molecule is O=C(C[C@@H]1CCCCN1S(=O)(=O)c1ccc(Cl)cc1)Nc1ccc2c(c1)OCO2. The molecule has 0 radical (unpaired) electrons. The number of halogens is 1. The largest absolute Gasteiger partial charge is 0.454 e. The number of sulfonamides is 1. The molecule has 2 heterocycles. The summed E-state index contributed by atoms with van der Waals surface area (Å²) in [5.74, 6) is 0.968. The number of amides is 1. The number of carbonyl (C=O) groups excluding carboxylic acids is 1. The molecule has 1 fully saturated rings. The van der Waals surface area contributed by atoms with Crippen LogP contribution in [0.4, 0.5) is 5.69 Å². The van der Waals surface area contributed by atoms with Gasteiger partial charge in [-0.2, -0.15) is 4.31 Å². The van der Waals surface area contributed by atoms with Crippen LogP contribution in [0, 0.1) is 0 Å². The fraction of sp³-hybridized carbons (Fsp3) is 0.350. The van der Waals surface area contributed by atoms with Gasteiger partial charge in [0.15, 0.2) is 11.5 Å². The van der Waals surface area contributed by atoms with Gasteiger partial charge in [-0.3, -0.25) is 4.79 Å². The monoisotopic (exact) mass is 436 g/mol. The zero-order valence-electron chi connectivity index (χ0n) is 15.6. The van der Waals surface area contributed by atoms with Crippen LogP contribution in [-0.2, 0) is 14.8 Å². The van der Waals surface area contributed by atoms with E-state index in [2.05, 4.69) is 5.32 Å². The Balaban J connectivity index is 1.47. The molecule has 0 aliphatic carbocycles. The summed E-state index contributed by atoms with van der Waals surface area (Å²) in [6.45, 7) is 0.555. The highest BCUT2D eigenvalue weighted by Crippen LogP contribution is 2.34. The molecule has 2 aliphatic rings. The van der Waals surface area contributed by atoms with Crippen molar-refractivity contribution in [3.63, 3.8) is 0 Å². The van der Waals surface area contributed by atoms with Gasteiger partial charge >= 0.3 is 0 Å². The van der Waals surface area contributed by atoms with Crippen molar-refractivity contribution in [1.82, 2.24) is 4.31 Å². The van der Waals surface area contributed by atoms with Gasteiger partial charge in [0.2, 0.25) is 22.7 Å². The number of rotatable bonds is 5. The van der Waals surface area contributed by atoms with E-state index in [1.165, 1.54) is 16.4 Å². The summed E-state index contributed by atoms with van der Waals surface area (Å²) >= 11 is 5.88. The second-order valence-electron chi connectivity index (χ2n) is 7.04. The third-order valence-corrected chi connectivity index (χ3v) is 7.29. The van der Waals surface area contributed by atoms with Crippen LogP contribution in [0.15, 0.2) is 47.4 Å². The molecule has 29 heavy (non-hydrogen) atoms. The number of nitrogens with zero attached hydrogens (tertiary/aromatic N) is 1. The van der Waals surface area contributed by atoms with E-state index < -0.39 is 16.1 Å². The number of fused-ring (bicyclic) bond motifs is 1. The van der Waals surface area contributed by atoms with Crippen LogP contribution < -0.4 is 14.8 Å². The number of hydrogen-bond acceptors (Lipinski definition) is 5. The Morgan fingerprint density at radius 3 is 2.66 bits per heavy atom. The number of nitrogens with one attached hydrogen (secondary N) is 1. The van der Waals surface area contributed by atoms with Gasteiger partial charge in [-0.05, 0) is 49.2 Å². The normalized spacial score (nSPS) is 19.1. The predicted molar refractivity (Wildman–Crippen MR) is 109 cm³/mol. The standard InChI is InChI=1S/C20H21ClN2O5S/c21-14-4-7-17(8-5-14)29(25,26)23-10-2-1-3-16(23)12-20(24)22-15-6-9-18-19(11-15)28-13-27-18/h4-9,11,16H,1-3,10,12-13H2,(H,22,24)/t16-/m0/s1. The Morgan fingerprint density at radius 1 is 1.10 bits per heavy atom. The Hall–Kier alpha value is -2.29. The molecule has 1 atom stereocenters. The van der Waals surface area contributed by atoms with Crippen molar-refractivity contribution >= 4 is 33.2 Å². The summed E-state index contributed by atoms with van der Waals surface area (Å²) < 4.78 is 38.2. The zero-order valence-corrected chi connectivity index (χ0v) is 17.2. The lowest BCUT2D eigenvalue weighted by molar-refractivity contribution is -0.117. The maximum absolute atomic E-state index is 13.1. The Labute approximate surface area is 174 Å². The second-order valence-corrected chi connectivity index (χ2v) is 9.37. The molecule has 0 unspecified atom stereocenters. The van der Waals surface area contributed by atoms with Crippen LogP contribution in [0.1, 0.15) is 25.7 Å². The van der Waals surface area contributed by atoms with Crippen LogP contribution >= 0.6 is 11.6 Å². The smallest absolute Gasteiger partial charge is 0.243 e. The summed E-state index contributed by atoms with van der Waals surface area (Å²) in [5, 5.41) is 3.30. The van der Waals surface area contributed by atoms with E-state index >= 15 is 0 Å². The van der Waals surface area contributed by atoms with Crippen LogP contribution in [0.25, 0.3) is 0 Å². The third-order valence-electron chi connectivity index (χ3n) is 5.07. The molecular formula is C20H21ClN2O5S. The fourth-order valence-corrected chi connectivity index (χ4v) is 5.46. The summed E-state index contributed by atoms with van der Waals surface area (Å²) in [6, 6.07) is 10.9. The summed E-state index contributed by atoms with van der Waals surface area (Å²) in [4.78, 5) is 12.8. The van der Waals surface area contributed by atoms with Crippen molar-refractivity contribution in [2.75, 3.05) is 18.7 Å². The number of hydrogen-bond donors (Lipinski definition) is 1. The molecule has 1 amide bonds. The van der Waals surface area contributed by atoms with Crippen molar-refractivity contribution in [1.29, 1.82) is 0 Å². The highest BCUT2D eigenvalue weighted by atomic mass is 35.5. The molecule has 0 spiro atoms. The van der Waals surface area contributed by atoms with E-state index in [1.807, 2.05) is 0 Å². The first-order chi connectivity index (χ1) is 13.9. The van der Waals surface area contributed by atoms with Gasteiger partial charge in [-0.25, -0.2) is 8.42 Å². The summed E-state index contributed by atoms with van der Waals surface area (Å²) in [6.07, 6.45) is 2.38. The predicted octanol–water partition coefficient (Wildman–Crippen LogP) is 3.64. The molecule has 2 aromatic rings. The molecule has 4 rings (SSSR count). The van der Waals surface area contributed by atoms with Crippen LogP contribution in [0.2, 0.25) is 5.02 Å². The molecule has 154 valence electrons. The van der Waals surface area contributed by atoms with E-state index in [-0.39, 0.29) is 24.0 Å². The summed E-state index contributed by atoms with van der Waals surface area (Å²) in [7, 11) is -3.70. The number of piperidine rings is 1. The first kappa shape index (κ1) is 20.0. The van der Waals surface area contributed by atoms with E-state index in [9.17, 15) is 13.2 Å². The van der Waals surface area contributed by atoms with Crippen molar-refractivity contribution in [2.24, 2.45) is 0 Å². The minimum atomic E-state index is -3.70. The lowest BCUT2D eigenvalue weighted by Crippen LogP contribution is -2.45. The van der Waals surface area contributed by atoms with E-state index in [0.29, 0.717) is 35.2 Å². The maximum Gasteiger partial charge on any atom is 0.243 e. The highest BCUT2D eigenvalue weighted by molar-refractivity contribution is 7.89. The van der Waals surface area contributed by atoms with E-state index in [0.717, 1.165) is 12.8 Å². The molecule has 2 aromatic carbocycles. The topological polar surface area (TPSA) is 84.9 Å². The second kappa shape index (κ2) is 8.22. The molecule has 0 bridgehead atoms. The Morgan fingerprint density at radius 2 is 1.86 bits per heavy atom. The first-order valence-electron chi connectivity index (χ1n) is 9.40. The van der Waals surface area contributed by atoms with Crippen LogP contribution in [0.5, 0.6) is 11.5 Å². The average molecular weight is 437 g/mol. The first-order valence-corrected chi connectivity index (χ1v) is 11.2. The summed E-state index contributed by atoms with van der Waals surface area (Å²) in [5.41, 5.74) is 0.585. The van der Waals surface area contributed by atoms with Crippen molar-refractivity contribution in [3.05, 3.63) is 47.5 Å². The van der Waals surface area contributed by atoms with Crippen molar-refractivity contribution in [3.8, 4) is 11.5 Å². The van der Waals surface area contributed by atoms with Crippen LogP contribution in [0.3, 0.4) is 0 Å². The number of anilines is 1. The van der Waals surface area contributed by atoms with Gasteiger partial charge in [0, 0.05) is 35.8 Å². The number of ether oxygens (including phenoxy) is 2. The van der Waals surface area contributed by atoms with Gasteiger partial charge in [-0.15, -0.1) is 0 Å². The van der Waals surface area contributed by atoms with E-state index in [4.69, 9.17) is 21.1 Å². The minimum absolute atomic E-state index is 0.0846. The lowest BCUT2D eigenvalue weighted by atomic mass is 10.0. The van der Waals surface area contributed by atoms with Crippen molar-refractivity contribution in [2.45, 2.75) is 36.6 Å². The fourth-order valence-electron chi connectivity index (χ4n) is 3.64. The number of benzene rings is 2. The molecule has 7 nitrogen and oxygen atoms in total. The molecule has 0 saturated carbocycles. The van der Waals surface area contributed by atoms with Crippen molar-refractivity contribution < 1.29 is 22.7 Å². The van der Waals surface area contributed by atoms with E-state index in [1.54, 1.807) is 30.3 Å². The average Bonchev–Trinajstić information content (AvgIpc) is 3.16. The highest BCUT2D eigenvalue weighted by Gasteiger charge is 2.34. The zero-order chi connectivity index (χ0) is 20.4.